The third kappa shape index (κ3) is 3.46. The number of amides is 1. The molecule has 1 aliphatic heterocycles. The summed E-state index contributed by atoms with van der Waals surface area (Å²) >= 11 is 0. The molecule has 2 rings (SSSR count). The average Bonchev–Trinajstić information content (AvgIpc) is 3.01. The maximum Gasteiger partial charge on any atom is 0.313 e. The van der Waals surface area contributed by atoms with Gasteiger partial charge in [0.05, 0.1) is 20.3 Å². The Bertz CT molecular complexity index is 617. The summed E-state index contributed by atoms with van der Waals surface area (Å²) in [5, 5.41) is 9.49. The summed E-state index contributed by atoms with van der Waals surface area (Å²) in [6.45, 7) is 2.95. The highest BCUT2D eigenvalue weighted by atomic mass is 16.5. The van der Waals surface area contributed by atoms with Crippen molar-refractivity contribution in [3.8, 4) is 11.5 Å². The molecule has 7 heteroatoms. The number of hydrogen-bond acceptors (Lipinski definition) is 5. The maximum atomic E-state index is 12.7. The van der Waals surface area contributed by atoms with Crippen LogP contribution in [0.1, 0.15) is 23.7 Å². The van der Waals surface area contributed by atoms with Gasteiger partial charge in [-0.1, -0.05) is 0 Å². The largest absolute Gasteiger partial charge is 0.493 e. The molecule has 1 aliphatic rings. The monoisotopic (exact) mass is 337 g/mol. The Kier molecular flexibility index (Phi) is 5.66. The molecule has 1 unspecified atom stereocenters. The van der Waals surface area contributed by atoms with Gasteiger partial charge in [-0.25, -0.2) is 0 Å². The number of carbonyl (C=O) groups is 2. The highest BCUT2D eigenvalue weighted by molar-refractivity contribution is 5.95. The van der Waals surface area contributed by atoms with Crippen LogP contribution in [-0.4, -0.2) is 62.4 Å². The van der Waals surface area contributed by atoms with Crippen LogP contribution in [0.2, 0.25) is 0 Å². The Hall–Kier alpha value is -2.28. The zero-order valence-corrected chi connectivity index (χ0v) is 14.2. The highest BCUT2D eigenvalue weighted by Crippen LogP contribution is 2.33. The van der Waals surface area contributed by atoms with Gasteiger partial charge in [0.25, 0.3) is 5.91 Å². The molecule has 0 spiro atoms. The van der Waals surface area contributed by atoms with E-state index in [0.717, 1.165) is 0 Å². The van der Waals surface area contributed by atoms with Gasteiger partial charge >= 0.3 is 5.97 Å². The normalized spacial score (nSPS) is 20.0. The summed E-state index contributed by atoms with van der Waals surface area (Å²) in [6.07, 6.45) is 0.371. The van der Waals surface area contributed by atoms with E-state index >= 15 is 0 Å². The van der Waals surface area contributed by atoms with Crippen LogP contribution in [0, 0.1) is 5.41 Å². The Balaban J connectivity index is 2.19. The molecule has 0 radical (unpaired) electrons. The lowest BCUT2D eigenvalue weighted by Gasteiger charge is -2.24. The number of aliphatic carboxylic acids is 1. The molecular formula is C17H23NO6. The predicted octanol–water partition coefficient (Wildman–Crippen LogP) is 1.66. The van der Waals surface area contributed by atoms with Crippen LogP contribution in [0.5, 0.6) is 11.5 Å². The van der Waals surface area contributed by atoms with E-state index in [-0.39, 0.29) is 19.1 Å². The number of carboxylic acid groups (broad SMARTS) is 1. The summed E-state index contributed by atoms with van der Waals surface area (Å²) in [6, 6.07) is 4.96. The Labute approximate surface area is 141 Å². The summed E-state index contributed by atoms with van der Waals surface area (Å²) < 4.78 is 15.7. The number of ether oxygens (including phenoxy) is 3. The lowest BCUT2D eigenvalue weighted by molar-refractivity contribution is -0.151. The van der Waals surface area contributed by atoms with Gasteiger partial charge in [-0.2, -0.15) is 0 Å². The van der Waals surface area contributed by atoms with E-state index in [2.05, 4.69) is 0 Å². The van der Waals surface area contributed by atoms with Crippen LogP contribution < -0.4 is 9.47 Å². The fourth-order valence-corrected chi connectivity index (χ4v) is 2.93. The molecule has 0 saturated carbocycles. The molecule has 132 valence electrons. The van der Waals surface area contributed by atoms with Crippen LogP contribution in [0.4, 0.5) is 0 Å². The van der Waals surface area contributed by atoms with E-state index in [1.54, 1.807) is 23.1 Å². The van der Waals surface area contributed by atoms with E-state index in [0.29, 0.717) is 36.6 Å². The highest BCUT2D eigenvalue weighted by Gasteiger charge is 2.46. The third-order valence-corrected chi connectivity index (χ3v) is 4.23. The second kappa shape index (κ2) is 7.53. The molecule has 24 heavy (non-hydrogen) atoms. The zero-order chi connectivity index (χ0) is 17.7. The van der Waals surface area contributed by atoms with E-state index in [4.69, 9.17) is 14.2 Å². The van der Waals surface area contributed by atoms with E-state index < -0.39 is 11.4 Å². The van der Waals surface area contributed by atoms with Crippen molar-refractivity contribution in [2.24, 2.45) is 5.41 Å². The number of rotatable bonds is 7. The Morgan fingerprint density at radius 2 is 2.04 bits per heavy atom. The molecule has 1 N–H and O–H groups in total. The molecular weight excluding hydrogens is 314 g/mol. The van der Waals surface area contributed by atoms with Crippen molar-refractivity contribution in [3.63, 3.8) is 0 Å². The van der Waals surface area contributed by atoms with Gasteiger partial charge in [-0.15, -0.1) is 0 Å². The minimum Gasteiger partial charge on any atom is -0.493 e. The van der Waals surface area contributed by atoms with Crippen molar-refractivity contribution >= 4 is 11.9 Å². The number of benzene rings is 1. The lowest BCUT2D eigenvalue weighted by atomic mass is 9.88. The van der Waals surface area contributed by atoms with Gasteiger partial charge in [-0.05, 0) is 31.5 Å². The standard InChI is InChI=1S/C17H23NO6/c1-4-24-13-6-5-12(9-14(13)23-3)15(19)18-8-7-17(10-18,11-22-2)16(20)21/h5-6,9H,4,7-8,10-11H2,1-3H3,(H,20,21). The average molecular weight is 337 g/mol. The van der Waals surface area contributed by atoms with Crippen LogP contribution in [0.3, 0.4) is 0 Å². The third-order valence-electron chi connectivity index (χ3n) is 4.23. The SMILES string of the molecule is CCOc1ccc(C(=O)N2CCC(COC)(C(=O)O)C2)cc1OC. The molecule has 0 bridgehead atoms. The first kappa shape index (κ1) is 18.1. The quantitative estimate of drug-likeness (QED) is 0.814. The van der Waals surface area contributed by atoms with Crippen LogP contribution in [0.15, 0.2) is 18.2 Å². The fraction of sp³-hybridized carbons (Fsp3) is 0.529. The molecule has 1 saturated heterocycles. The second-order valence-electron chi connectivity index (χ2n) is 5.79. The summed E-state index contributed by atoms with van der Waals surface area (Å²) in [4.78, 5) is 25.8. The minimum atomic E-state index is -1.04. The second-order valence-corrected chi connectivity index (χ2v) is 5.79. The number of carbonyl (C=O) groups excluding carboxylic acids is 1. The van der Waals surface area contributed by atoms with Crippen molar-refractivity contribution in [2.45, 2.75) is 13.3 Å². The number of nitrogens with zero attached hydrogens (tertiary/aromatic N) is 1. The summed E-state index contributed by atoms with van der Waals surface area (Å²) in [5.41, 5.74) is -0.603. The lowest BCUT2D eigenvalue weighted by Crippen LogP contribution is -2.40. The van der Waals surface area contributed by atoms with Crippen molar-refractivity contribution in [2.75, 3.05) is 40.5 Å². The smallest absolute Gasteiger partial charge is 0.313 e. The first-order chi connectivity index (χ1) is 11.5. The van der Waals surface area contributed by atoms with Crippen molar-refractivity contribution in [1.82, 2.24) is 4.90 Å². The molecule has 1 fully saturated rings. The van der Waals surface area contributed by atoms with Gasteiger partial charge in [-0.3, -0.25) is 9.59 Å². The van der Waals surface area contributed by atoms with Crippen LogP contribution in [0.25, 0.3) is 0 Å². The fourth-order valence-electron chi connectivity index (χ4n) is 2.93. The number of carboxylic acids is 1. The van der Waals surface area contributed by atoms with Gasteiger partial charge in [0, 0.05) is 25.8 Å². The summed E-state index contributed by atoms with van der Waals surface area (Å²) in [5.74, 6) is -0.125. The van der Waals surface area contributed by atoms with Gasteiger partial charge in [0.15, 0.2) is 11.5 Å². The van der Waals surface area contributed by atoms with Crippen molar-refractivity contribution in [3.05, 3.63) is 23.8 Å². The molecule has 0 aromatic heterocycles. The molecule has 1 aromatic rings. The van der Waals surface area contributed by atoms with Crippen LogP contribution in [-0.2, 0) is 9.53 Å². The van der Waals surface area contributed by atoms with E-state index in [1.165, 1.54) is 14.2 Å². The number of methoxy groups -OCH3 is 2. The molecule has 1 aromatic carbocycles. The zero-order valence-electron chi connectivity index (χ0n) is 14.2. The molecule has 1 amide bonds. The first-order valence-electron chi connectivity index (χ1n) is 7.80. The van der Waals surface area contributed by atoms with Gasteiger partial charge in [0.2, 0.25) is 0 Å². The molecule has 0 aliphatic carbocycles. The Morgan fingerprint density at radius 3 is 2.62 bits per heavy atom. The minimum absolute atomic E-state index is 0.0821. The summed E-state index contributed by atoms with van der Waals surface area (Å²) in [7, 11) is 2.97. The van der Waals surface area contributed by atoms with Gasteiger partial charge in [0.1, 0.15) is 5.41 Å². The van der Waals surface area contributed by atoms with Crippen molar-refractivity contribution < 1.29 is 28.9 Å². The number of likely N-dealkylation sites (tertiary alicyclic amines) is 1. The molecule has 7 nitrogen and oxygen atoms in total. The number of hydrogen-bond donors (Lipinski definition) is 1. The topological polar surface area (TPSA) is 85.3 Å². The predicted molar refractivity (Wildman–Crippen MR) is 86.6 cm³/mol. The van der Waals surface area contributed by atoms with Crippen molar-refractivity contribution in [1.29, 1.82) is 0 Å². The van der Waals surface area contributed by atoms with Crippen LogP contribution >= 0.6 is 0 Å². The molecule has 1 atom stereocenters. The van der Waals surface area contributed by atoms with Gasteiger partial charge < -0.3 is 24.2 Å². The maximum absolute atomic E-state index is 12.7. The van der Waals surface area contributed by atoms with E-state index in [1.807, 2.05) is 6.92 Å². The first-order valence-corrected chi connectivity index (χ1v) is 7.80. The Morgan fingerprint density at radius 1 is 1.29 bits per heavy atom. The van der Waals surface area contributed by atoms with E-state index in [9.17, 15) is 14.7 Å². The molecule has 1 heterocycles.